The molecule has 0 amide bonds. The fourth-order valence-corrected chi connectivity index (χ4v) is 5.72. The molecular formula is C41H49N3O14. The molecule has 0 atom stereocenters. The molecule has 4 rings (SSSR count). The summed E-state index contributed by atoms with van der Waals surface area (Å²) in [6, 6.07) is 12.7. The van der Waals surface area contributed by atoms with Crippen molar-refractivity contribution < 1.29 is 62.0 Å². The van der Waals surface area contributed by atoms with Crippen molar-refractivity contribution in [2.75, 3.05) is 90.3 Å². The van der Waals surface area contributed by atoms with Gasteiger partial charge in [0.05, 0.1) is 62.0 Å². The Morgan fingerprint density at radius 1 is 0.759 bits per heavy atom. The maximum absolute atomic E-state index is 12.8. The zero-order valence-electron chi connectivity index (χ0n) is 33.7. The van der Waals surface area contributed by atoms with Gasteiger partial charge in [0.2, 0.25) is 0 Å². The number of methoxy groups -OCH3 is 3. The van der Waals surface area contributed by atoms with Crippen LogP contribution in [-0.4, -0.2) is 115 Å². The van der Waals surface area contributed by atoms with E-state index in [9.17, 15) is 29.3 Å². The van der Waals surface area contributed by atoms with E-state index < -0.39 is 41.0 Å². The summed E-state index contributed by atoms with van der Waals surface area (Å²) < 4.78 is 44.7. The van der Waals surface area contributed by atoms with Gasteiger partial charge in [-0.25, -0.2) is 9.59 Å². The maximum atomic E-state index is 12.8. The van der Waals surface area contributed by atoms with Crippen LogP contribution in [0.2, 0.25) is 0 Å². The van der Waals surface area contributed by atoms with Crippen LogP contribution in [0.3, 0.4) is 0 Å². The zero-order valence-corrected chi connectivity index (χ0v) is 33.7. The number of ether oxygens (including phenoxy) is 8. The van der Waals surface area contributed by atoms with Gasteiger partial charge in [0, 0.05) is 30.8 Å². The highest BCUT2D eigenvalue weighted by Gasteiger charge is 2.24. The predicted molar refractivity (Wildman–Crippen MR) is 213 cm³/mol. The number of nitro groups is 1. The van der Waals surface area contributed by atoms with Gasteiger partial charge < -0.3 is 47.7 Å². The van der Waals surface area contributed by atoms with Crippen LogP contribution >= 0.6 is 0 Å². The summed E-state index contributed by atoms with van der Waals surface area (Å²) >= 11 is 0. The predicted octanol–water partition coefficient (Wildman–Crippen LogP) is 5.03. The monoisotopic (exact) mass is 807 g/mol. The average Bonchev–Trinajstić information content (AvgIpc) is 3.18. The van der Waals surface area contributed by atoms with Gasteiger partial charge in [-0.2, -0.15) is 0 Å². The number of esters is 4. The number of anilines is 2. The molecule has 58 heavy (non-hydrogen) atoms. The average molecular weight is 808 g/mol. The van der Waals surface area contributed by atoms with Gasteiger partial charge in [0.25, 0.3) is 5.69 Å². The molecule has 17 nitrogen and oxygen atoms in total. The normalized spacial score (nSPS) is 13.7. The minimum absolute atomic E-state index is 0.00166. The Balaban J connectivity index is 1.82. The van der Waals surface area contributed by atoms with Crippen LogP contribution in [0.25, 0.3) is 12.2 Å². The molecule has 0 unspecified atom stereocenters. The van der Waals surface area contributed by atoms with Crippen LogP contribution < -0.4 is 24.0 Å². The Hall–Kier alpha value is -6.36. The van der Waals surface area contributed by atoms with E-state index in [1.165, 1.54) is 45.6 Å². The molecule has 0 fully saturated rings. The number of nitro benzene ring substituents is 1. The van der Waals surface area contributed by atoms with Crippen molar-refractivity contribution in [3.8, 4) is 17.2 Å². The van der Waals surface area contributed by atoms with E-state index in [0.29, 0.717) is 29.2 Å². The quantitative estimate of drug-likeness (QED) is 0.0823. The standard InChI is InChI=1S/C41H49N3O14/c1-27-8-13-31-35(20-27)55-18-19-56-36-22-29(11-9-28-10-12-30(40(48)53-7)21-32(28)44(49)50)34(57-26-39(47)58-41(2,3)4)23-33(36)43(25-38(46)52-6)15-17-54-16-14-42(31)24-37(45)51-5/h8-13,20-23H,14-19,24-26H2,1-7H3/b11-9+. The molecule has 0 aliphatic carbocycles. The third-order valence-corrected chi connectivity index (χ3v) is 8.45. The van der Waals surface area contributed by atoms with Crippen LogP contribution in [0.15, 0.2) is 48.5 Å². The smallest absolute Gasteiger partial charge is 0.344 e. The number of benzene rings is 3. The van der Waals surface area contributed by atoms with E-state index >= 15 is 0 Å². The Morgan fingerprint density at radius 3 is 1.95 bits per heavy atom. The molecule has 0 aromatic heterocycles. The molecule has 0 saturated heterocycles. The van der Waals surface area contributed by atoms with Crippen LogP contribution in [0.4, 0.5) is 17.1 Å². The first-order valence-corrected chi connectivity index (χ1v) is 18.3. The fourth-order valence-electron chi connectivity index (χ4n) is 5.72. The summed E-state index contributed by atoms with van der Waals surface area (Å²) in [6.45, 7) is 7.12. The second-order valence-electron chi connectivity index (χ2n) is 13.9. The molecule has 17 heteroatoms. The summed E-state index contributed by atoms with van der Waals surface area (Å²) in [7, 11) is 3.75. The summed E-state index contributed by atoms with van der Waals surface area (Å²) in [5, 5.41) is 12.1. The summed E-state index contributed by atoms with van der Waals surface area (Å²) in [5.41, 5.74) is 1.27. The zero-order chi connectivity index (χ0) is 42.4. The van der Waals surface area contributed by atoms with E-state index in [1.54, 1.807) is 42.7 Å². The van der Waals surface area contributed by atoms with E-state index in [4.69, 9.17) is 37.9 Å². The highest BCUT2D eigenvalue weighted by Crippen LogP contribution is 2.38. The molecule has 1 heterocycles. The van der Waals surface area contributed by atoms with Crippen molar-refractivity contribution in [3.05, 3.63) is 80.9 Å². The van der Waals surface area contributed by atoms with Crippen LogP contribution in [0.1, 0.15) is 47.8 Å². The lowest BCUT2D eigenvalue weighted by Crippen LogP contribution is -2.36. The van der Waals surface area contributed by atoms with Crippen molar-refractivity contribution in [3.63, 3.8) is 0 Å². The van der Waals surface area contributed by atoms with E-state index in [0.717, 1.165) is 11.6 Å². The molecule has 0 saturated carbocycles. The van der Waals surface area contributed by atoms with Crippen LogP contribution in [-0.2, 0) is 38.1 Å². The molecule has 312 valence electrons. The number of carbonyl (C=O) groups excluding carboxylic acids is 4. The number of hydrogen-bond donors (Lipinski definition) is 0. The van der Waals surface area contributed by atoms with Crippen LogP contribution in [0, 0.1) is 17.0 Å². The van der Waals surface area contributed by atoms with Gasteiger partial charge in [-0.1, -0.05) is 12.1 Å². The van der Waals surface area contributed by atoms with Crippen molar-refractivity contribution in [2.45, 2.75) is 33.3 Å². The summed E-state index contributed by atoms with van der Waals surface area (Å²) in [6.07, 6.45) is 2.99. The van der Waals surface area contributed by atoms with Gasteiger partial charge in [0.15, 0.2) is 6.61 Å². The van der Waals surface area contributed by atoms with E-state index in [1.807, 2.05) is 25.1 Å². The third-order valence-electron chi connectivity index (χ3n) is 8.45. The minimum Gasteiger partial charge on any atom is -0.488 e. The molecule has 0 N–H and O–H groups in total. The minimum atomic E-state index is -0.794. The highest BCUT2D eigenvalue weighted by molar-refractivity contribution is 5.91. The molecule has 3 aromatic carbocycles. The van der Waals surface area contributed by atoms with Crippen molar-refractivity contribution >= 4 is 53.1 Å². The first kappa shape index (κ1) is 44.4. The molecule has 0 spiro atoms. The fraction of sp³-hybridized carbons (Fsp3) is 0.415. The van der Waals surface area contributed by atoms with Crippen molar-refractivity contribution in [1.29, 1.82) is 0 Å². The number of aryl methyl sites for hydroxylation is 1. The maximum Gasteiger partial charge on any atom is 0.344 e. The second-order valence-corrected chi connectivity index (χ2v) is 13.9. The SMILES string of the molecule is COC(=O)CN1CCOCCN(CC(=O)OC)c2cc(OCC(=O)OC(C)(C)C)c(/C=C/c3ccc(C(=O)OC)cc3[N+](=O)[O-])cc2OCCOc2cc(C)ccc21. The Kier molecular flexibility index (Phi) is 15.8. The van der Waals surface area contributed by atoms with Gasteiger partial charge >= 0.3 is 23.9 Å². The number of carbonyl (C=O) groups is 4. The lowest BCUT2D eigenvalue weighted by molar-refractivity contribution is -0.385. The van der Waals surface area contributed by atoms with E-state index in [-0.39, 0.29) is 74.4 Å². The van der Waals surface area contributed by atoms with Crippen molar-refractivity contribution in [1.82, 2.24) is 0 Å². The first-order valence-electron chi connectivity index (χ1n) is 18.3. The number of hydrogen-bond acceptors (Lipinski definition) is 16. The number of rotatable bonds is 11. The molecular weight excluding hydrogens is 758 g/mol. The lowest BCUT2D eigenvalue weighted by Gasteiger charge is -2.27. The molecule has 0 bridgehead atoms. The Labute approximate surface area is 336 Å². The molecule has 3 aromatic rings. The Bertz CT molecular complexity index is 1990. The van der Waals surface area contributed by atoms with Gasteiger partial charge in [-0.05, 0) is 69.7 Å². The first-order chi connectivity index (χ1) is 27.6. The lowest BCUT2D eigenvalue weighted by atomic mass is 10.1. The van der Waals surface area contributed by atoms with Crippen molar-refractivity contribution in [2.24, 2.45) is 0 Å². The molecule has 1 aliphatic heterocycles. The number of fused-ring (bicyclic) bond motifs is 2. The third kappa shape index (κ3) is 12.8. The van der Waals surface area contributed by atoms with Gasteiger partial charge in [-0.3, -0.25) is 19.7 Å². The summed E-state index contributed by atoms with van der Waals surface area (Å²) in [4.78, 5) is 65.0. The summed E-state index contributed by atoms with van der Waals surface area (Å²) in [5.74, 6) is -1.50. The Morgan fingerprint density at radius 2 is 1.36 bits per heavy atom. The van der Waals surface area contributed by atoms with Gasteiger partial charge in [-0.15, -0.1) is 0 Å². The highest BCUT2D eigenvalue weighted by atomic mass is 16.6. The number of nitrogens with zero attached hydrogens (tertiary/aromatic N) is 3. The largest absolute Gasteiger partial charge is 0.488 e. The second kappa shape index (κ2) is 20.7. The van der Waals surface area contributed by atoms with E-state index in [2.05, 4.69) is 0 Å². The molecule has 0 radical (unpaired) electrons. The molecule has 1 aliphatic rings. The van der Waals surface area contributed by atoms with Gasteiger partial charge in [0.1, 0.15) is 49.2 Å². The van der Waals surface area contributed by atoms with Crippen LogP contribution in [0.5, 0.6) is 17.2 Å². The topological polar surface area (TPSA) is 192 Å².